The second-order valence-electron chi connectivity index (χ2n) is 10.8. The smallest absolute Gasteiger partial charge is 0.222 e. The minimum atomic E-state index is -0.0501. The first-order valence-corrected chi connectivity index (χ1v) is 14.6. The number of aromatic nitrogens is 5. The van der Waals surface area contributed by atoms with Gasteiger partial charge in [0.15, 0.2) is 5.82 Å². The molecule has 2 aliphatic heterocycles. The van der Waals surface area contributed by atoms with Crippen molar-refractivity contribution in [2.75, 3.05) is 51.8 Å². The Kier molecular flexibility index (Phi) is 8.20. The predicted octanol–water partition coefficient (Wildman–Crippen LogP) is 4.38. The first-order chi connectivity index (χ1) is 20.5. The molecule has 4 aromatic rings. The van der Waals surface area contributed by atoms with Crippen molar-refractivity contribution in [3.05, 3.63) is 54.5 Å². The van der Waals surface area contributed by atoms with E-state index in [1.165, 1.54) is 5.56 Å². The predicted molar refractivity (Wildman–Crippen MR) is 161 cm³/mol. The minimum Gasteiger partial charge on any atom is -0.494 e. The summed E-state index contributed by atoms with van der Waals surface area (Å²) in [6, 6.07) is 10.1. The van der Waals surface area contributed by atoms with Crippen LogP contribution in [0.4, 0.5) is 11.6 Å². The van der Waals surface area contributed by atoms with Gasteiger partial charge in [-0.05, 0) is 38.6 Å². The van der Waals surface area contributed by atoms with E-state index in [0.717, 1.165) is 60.9 Å². The molecule has 1 aromatic carbocycles. The van der Waals surface area contributed by atoms with E-state index >= 15 is 0 Å². The molecular formula is C31H38N8O3. The third kappa shape index (κ3) is 6.17. The zero-order valence-corrected chi connectivity index (χ0v) is 24.7. The number of nitrogens with one attached hydrogen (secondary N) is 1. The normalized spacial score (nSPS) is 17.8. The number of piperazine rings is 1. The molecule has 6 rings (SSSR count). The van der Waals surface area contributed by atoms with E-state index in [4.69, 9.17) is 24.2 Å². The van der Waals surface area contributed by atoms with Crippen molar-refractivity contribution in [1.82, 2.24) is 34.5 Å². The van der Waals surface area contributed by atoms with Gasteiger partial charge in [-0.25, -0.2) is 19.6 Å². The third-order valence-corrected chi connectivity index (χ3v) is 7.66. The lowest BCUT2D eigenvalue weighted by atomic mass is 10.0. The first-order valence-electron chi connectivity index (χ1n) is 14.6. The molecule has 0 radical (unpaired) electrons. The van der Waals surface area contributed by atoms with Gasteiger partial charge in [0.2, 0.25) is 5.88 Å². The molecule has 4 bridgehead atoms. The molecule has 0 amide bonds. The summed E-state index contributed by atoms with van der Waals surface area (Å²) in [7, 11) is 4.02. The minimum absolute atomic E-state index is 0.0501. The molecular weight excluding hydrogens is 532 g/mol. The highest BCUT2D eigenvalue weighted by Crippen LogP contribution is 2.36. The third-order valence-electron chi connectivity index (χ3n) is 7.66. The molecule has 1 fully saturated rings. The van der Waals surface area contributed by atoms with E-state index < -0.39 is 0 Å². The molecule has 11 heteroatoms. The molecule has 0 aliphatic carbocycles. The van der Waals surface area contributed by atoms with Crippen molar-refractivity contribution in [3.8, 4) is 39.9 Å². The monoisotopic (exact) mass is 570 g/mol. The number of hydrogen-bond donors (Lipinski definition) is 1. The standard InChI is InChI=1S/C31H38N8O3/c1-5-40-27-16-22(6-7-23(27)20-39-13-11-37(3)12-14-39)25-18-33-29-26-19-34-38(4)31(26)41-15-9-21(2)42-24-8-10-32-28(17-24)35-30(25)36-29/h6-8,10,16-19,21H,5,9,11-15,20H2,1-4H3,(H,32,33,35,36)/t21-/m0/s1. The maximum atomic E-state index is 6.15. The molecule has 0 unspecified atom stereocenters. The average molecular weight is 571 g/mol. The first kappa shape index (κ1) is 27.9. The topological polar surface area (TPSA) is 103 Å². The van der Waals surface area contributed by atoms with Crippen molar-refractivity contribution in [2.45, 2.75) is 32.9 Å². The van der Waals surface area contributed by atoms with Crippen LogP contribution in [0.25, 0.3) is 22.5 Å². The molecule has 2 aliphatic rings. The van der Waals surface area contributed by atoms with Crippen molar-refractivity contribution >= 4 is 11.6 Å². The quantitative estimate of drug-likeness (QED) is 0.372. The van der Waals surface area contributed by atoms with Gasteiger partial charge in [-0.15, -0.1) is 0 Å². The molecule has 220 valence electrons. The lowest BCUT2D eigenvalue weighted by Gasteiger charge is -2.32. The zero-order valence-electron chi connectivity index (χ0n) is 24.7. The van der Waals surface area contributed by atoms with Crippen molar-refractivity contribution < 1.29 is 14.2 Å². The van der Waals surface area contributed by atoms with E-state index in [0.29, 0.717) is 43.0 Å². The number of hydrogen-bond acceptors (Lipinski definition) is 10. The number of fused-ring (bicyclic) bond motifs is 6. The Morgan fingerprint density at radius 1 is 1.02 bits per heavy atom. The van der Waals surface area contributed by atoms with Crippen molar-refractivity contribution in [2.24, 2.45) is 7.05 Å². The maximum absolute atomic E-state index is 6.15. The Morgan fingerprint density at radius 3 is 2.71 bits per heavy atom. The Hall–Kier alpha value is -4.22. The Balaban J connectivity index is 1.40. The van der Waals surface area contributed by atoms with Crippen molar-refractivity contribution in [1.29, 1.82) is 0 Å². The van der Waals surface area contributed by atoms with Gasteiger partial charge in [-0.1, -0.05) is 12.1 Å². The van der Waals surface area contributed by atoms with Gasteiger partial charge in [0.1, 0.15) is 28.7 Å². The highest BCUT2D eigenvalue weighted by molar-refractivity contribution is 5.80. The molecule has 42 heavy (non-hydrogen) atoms. The molecule has 1 saturated heterocycles. The number of rotatable bonds is 5. The fraction of sp³-hybridized carbons (Fsp3) is 0.419. The maximum Gasteiger partial charge on any atom is 0.222 e. The van der Waals surface area contributed by atoms with Crippen LogP contribution >= 0.6 is 0 Å². The SMILES string of the molecule is CCOc1cc(-c2cnc3nc2Nc2cc(ccn2)O[C@@H](C)CCOc2c-3cnn2C)ccc1CN1CCN(C)CC1. The average Bonchev–Trinajstić information content (AvgIpc) is 3.35. The van der Waals surface area contributed by atoms with Crippen LogP contribution in [0.2, 0.25) is 0 Å². The van der Waals surface area contributed by atoms with Gasteiger partial charge in [0.25, 0.3) is 0 Å². The van der Waals surface area contributed by atoms with Crippen LogP contribution in [0.1, 0.15) is 25.8 Å². The number of pyridine rings is 1. The highest BCUT2D eigenvalue weighted by Gasteiger charge is 2.21. The van der Waals surface area contributed by atoms with Crippen LogP contribution < -0.4 is 19.5 Å². The molecule has 0 spiro atoms. The summed E-state index contributed by atoms with van der Waals surface area (Å²) in [5.41, 5.74) is 3.66. The number of likely N-dealkylation sites (N-methyl/N-ethyl adjacent to an activating group) is 1. The lowest BCUT2D eigenvalue weighted by Crippen LogP contribution is -2.43. The van der Waals surface area contributed by atoms with Gasteiger partial charge in [-0.2, -0.15) is 5.10 Å². The van der Waals surface area contributed by atoms with E-state index in [1.54, 1.807) is 17.1 Å². The van der Waals surface area contributed by atoms with Crippen LogP contribution in [0, 0.1) is 0 Å². The summed E-state index contributed by atoms with van der Waals surface area (Å²) in [5.74, 6) is 3.96. The number of ether oxygens (including phenoxy) is 3. The van der Waals surface area contributed by atoms with E-state index in [9.17, 15) is 0 Å². The molecule has 1 atom stereocenters. The van der Waals surface area contributed by atoms with Gasteiger partial charge >= 0.3 is 0 Å². The number of aryl methyl sites for hydroxylation is 1. The van der Waals surface area contributed by atoms with Crippen LogP contribution in [0.15, 0.2) is 48.9 Å². The molecule has 0 saturated carbocycles. The van der Waals surface area contributed by atoms with Crippen molar-refractivity contribution in [3.63, 3.8) is 0 Å². The summed E-state index contributed by atoms with van der Waals surface area (Å²) >= 11 is 0. The summed E-state index contributed by atoms with van der Waals surface area (Å²) in [6.07, 6.45) is 5.95. The van der Waals surface area contributed by atoms with Gasteiger partial charge < -0.3 is 24.4 Å². The van der Waals surface area contributed by atoms with Crippen LogP contribution in [0.3, 0.4) is 0 Å². The number of nitrogens with zero attached hydrogens (tertiary/aromatic N) is 7. The van der Waals surface area contributed by atoms with E-state index in [2.05, 4.69) is 50.4 Å². The largest absolute Gasteiger partial charge is 0.494 e. The Labute approximate surface area is 246 Å². The van der Waals surface area contributed by atoms with Gasteiger partial charge in [-0.3, -0.25) is 4.90 Å². The molecule has 11 nitrogen and oxygen atoms in total. The highest BCUT2D eigenvalue weighted by atomic mass is 16.5. The van der Waals surface area contributed by atoms with Crippen LogP contribution in [-0.4, -0.2) is 87.1 Å². The molecule has 3 aromatic heterocycles. The van der Waals surface area contributed by atoms with Crippen LogP contribution in [0.5, 0.6) is 17.4 Å². The van der Waals surface area contributed by atoms with Gasteiger partial charge in [0, 0.05) is 75.8 Å². The molecule has 5 heterocycles. The summed E-state index contributed by atoms with van der Waals surface area (Å²) in [5, 5.41) is 7.85. The fourth-order valence-corrected chi connectivity index (χ4v) is 5.25. The number of anilines is 2. The summed E-state index contributed by atoms with van der Waals surface area (Å²) < 4.78 is 20.2. The number of benzene rings is 1. The van der Waals surface area contributed by atoms with Crippen LogP contribution in [-0.2, 0) is 13.6 Å². The Morgan fingerprint density at radius 2 is 1.88 bits per heavy atom. The summed E-state index contributed by atoms with van der Waals surface area (Å²) in [6.45, 7) is 10.2. The summed E-state index contributed by atoms with van der Waals surface area (Å²) in [4.78, 5) is 19.1. The van der Waals surface area contributed by atoms with E-state index in [1.807, 2.05) is 39.2 Å². The zero-order chi connectivity index (χ0) is 29.1. The fourth-order valence-electron chi connectivity index (χ4n) is 5.25. The lowest BCUT2D eigenvalue weighted by molar-refractivity contribution is 0.146. The second kappa shape index (κ2) is 12.3. The Bertz CT molecular complexity index is 1530. The molecule has 1 N–H and O–H groups in total. The second-order valence-corrected chi connectivity index (χ2v) is 10.8. The van der Waals surface area contributed by atoms with E-state index in [-0.39, 0.29) is 6.10 Å². The van der Waals surface area contributed by atoms with Gasteiger partial charge in [0.05, 0.1) is 25.5 Å².